The number of hydrogen-bond acceptors (Lipinski definition) is 3. The van der Waals surface area contributed by atoms with E-state index in [-0.39, 0.29) is 5.91 Å². The number of carbonyl (C=O) groups excluding carboxylic acids is 1. The van der Waals surface area contributed by atoms with Gasteiger partial charge in [0.05, 0.1) is 5.56 Å². The SMILES string of the molecule is CN(C)C(=O)c1ccccc1NC1CCN2CCCCC12. The lowest BCUT2D eigenvalue weighted by Crippen LogP contribution is -2.42. The van der Waals surface area contributed by atoms with Crippen molar-refractivity contribution in [3.05, 3.63) is 29.8 Å². The first kappa shape index (κ1) is 14.4. The molecule has 2 atom stereocenters. The van der Waals surface area contributed by atoms with Crippen LogP contribution >= 0.6 is 0 Å². The minimum absolute atomic E-state index is 0.0663. The topological polar surface area (TPSA) is 35.6 Å². The van der Waals surface area contributed by atoms with Gasteiger partial charge in [-0.05, 0) is 37.9 Å². The number of carbonyl (C=O) groups is 1. The quantitative estimate of drug-likeness (QED) is 0.927. The van der Waals surface area contributed by atoms with Crippen LogP contribution in [0, 0.1) is 0 Å². The van der Waals surface area contributed by atoms with Crippen LogP contribution in [0.15, 0.2) is 24.3 Å². The molecule has 0 radical (unpaired) electrons. The Hall–Kier alpha value is -1.55. The first-order valence-corrected chi connectivity index (χ1v) is 7.98. The summed E-state index contributed by atoms with van der Waals surface area (Å²) in [5.41, 5.74) is 1.75. The predicted octanol–water partition coefficient (Wildman–Crippen LogP) is 2.43. The molecule has 0 spiro atoms. The lowest BCUT2D eigenvalue weighted by Gasteiger charge is -2.33. The van der Waals surface area contributed by atoms with Crippen LogP contribution in [0.3, 0.4) is 0 Å². The van der Waals surface area contributed by atoms with Crippen LogP contribution in [0.1, 0.15) is 36.0 Å². The maximum Gasteiger partial charge on any atom is 0.255 e. The summed E-state index contributed by atoms with van der Waals surface area (Å²) < 4.78 is 0. The molecule has 1 aromatic rings. The molecule has 1 N–H and O–H groups in total. The summed E-state index contributed by atoms with van der Waals surface area (Å²) in [4.78, 5) is 16.5. The Morgan fingerprint density at radius 1 is 1.19 bits per heavy atom. The van der Waals surface area contributed by atoms with Crippen LogP contribution < -0.4 is 5.32 Å². The number of fused-ring (bicyclic) bond motifs is 1. The molecule has 4 nitrogen and oxygen atoms in total. The largest absolute Gasteiger partial charge is 0.380 e. The third-order valence-corrected chi connectivity index (χ3v) is 4.76. The Kier molecular flexibility index (Phi) is 4.15. The second-order valence-electron chi connectivity index (χ2n) is 6.38. The van der Waals surface area contributed by atoms with E-state index in [1.54, 1.807) is 19.0 Å². The molecule has 2 fully saturated rings. The summed E-state index contributed by atoms with van der Waals surface area (Å²) in [6.45, 7) is 2.42. The molecule has 0 bridgehead atoms. The van der Waals surface area contributed by atoms with Crippen molar-refractivity contribution >= 4 is 11.6 Å². The highest BCUT2D eigenvalue weighted by atomic mass is 16.2. The Morgan fingerprint density at radius 2 is 2.00 bits per heavy atom. The molecule has 2 aliphatic heterocycles. The number of nitrogens with one attached hydrogen (secondary N) is 1. The van der Waals surface area contributed by atoms with E-state index in [1.165, 1.54) is 38.8 Å². The average Bonchev–Trinajstić information content (AvgIpc) is 2.90. The van der Waals surface area contributed by atoms with E-state index in [2.05, 4.69) is 10.2 Å². The average molecular weight is 287 g/mol. The third kappa shape index (κ3) is 2.91. The van der Waals surface area contributed by atoms with Crippen LogP contribution in [0.5, 0.6) is 0 Å². The van der Waals surface area contributed by atoms with E-state index in [4.69, 9.17) is 0 Å². The highest BCUT2D eigenvalue weighted by molar-refractivity contribution is 5.99. The monoisotopic (exact) mass is 287 g/mol. The Labute approximate surface area is 127 Å². The van der Waals surface area contributed by atoms with Gasteiger partial charge in [0.25, 0.3) is 5.91 Å². The summed E-state index contributed by atoms with van der Waals surface area (Å²) in [7, 11) is 3.61. The van der Waals surface area contributed by atoms with Crippen molar-refractivity contribution in [1.82, 2.24) is 9.80 Å². The summed E-state index contributed by atoms with van der Waals surface area (Å²) in [6.07, 6.45) is 5.12. The number of rotatable bonds is 3. The number of nitrogens with zero attached hydrogens (tertiary/aromatic N) is 2. The summed E-state index contributed by atoms with van der Waals surface area (Å²) >= 11 is 0. The zero-order valence-electron chi connectivity index (χ0n) is 13.0. The van der Waals surface area contributed by atoms with Gasteiger partial charge in [-0.2, -0.15) is 0 Å². The molecule has 0 aliphatic carbocycles. The van der Waals surface area contributed by atoms with E-state index in [9.17, 15) is 4.79 Å². The standard InChI is InChI=1S/C17H25N3O/c1-19(2)17(21)13-7-3-4-8-14(13)18-15-10-12-20-11-6-5-9-16(15)20/h3-4,7-8,15-16,18H,5-6,9-12H2,1-2H3. The number of piperidine rings is 1. The van der Waals surface area contributed by atoms with Gasteiger partial charge in [0, 0.05) is 38.4 Å². The predicted molar refractivity (Wildman–Crippen MR) is 85.7 cm³/mol. The van der Waals surface area contributed by atoms with Crippen molar-refractivity contribution in [2.45, 2.75) is 37.8 Å². The van der Waals surface area contributed by atoms with Crippen LogP contribution in [0.25, 0.3) is 0 Å². The lowest BCUT2D eigenvalue weighted by molar-refractivity contribution is 0.0828. The highest BCUT2D eigenvalue weighted by Gasteiger charge is 2.35. The van der Waals surface area contributed by atoms with Gasteiger partial charge in [-0.25, -0.2) is 0 Å². The molecule has 4 heteroatoms. The summed E-state index contributed by atoms with van der Waals surface area (Å²) in [5, 5.41) is 3.66. The molecule has 2 unspecified atom stereocenters. The van der Waals surface area contributed by atoms with E-state index >= 15 is 0 Å². The van der Waals surface area contributed by atoms with Gasteiger partial charge in [0.1, 0.15) is 0 Å². The van der Waals surface area contributed by atoms with Crippen molar-refractivity contribution < 1.29 is 4.79 Å². The van der Waals surface area contributed by atoms with Crippen LogP contribution in [0.4, 0.5) is 5.69 Å². The third-order valence-electron chi connectivity index (χ3n) is 4.76. The minimum atomic E-state index is 0.0663. The van der Waals surface area contributed by atoms with Crippen molar-refractivity contribution in [2.24, 2.45) is 0 Å². The van der Waals surface area contributed by atoms with Gasteiger partial charge in [-0.15, -0.1) is 0 Å². The van der Waals surface area contributed by atoms with Crippen molar-refractivity contribution in [3.63, 3.8) is 0 Å². The van der Waals surface area contributed by atoms with Crippen molar-refractivity contribution in [1.29, 1.82) is 0 Å². The fourth-order valence-electron chi connectivity index (χ4n) is 3.65. The summed E-state index contributed by atoms with van der Waals surface area (Å²) in [6, 6.07) is 8.99. The molecule has 2 heterocycles. The first-order chi connectivity index (χ1) is 10.2. The van der Waals surface area contributed by atoms with Gasteiger partial charge in [0.2, 0.25) is 0 Å². The molecular weight excluding hydrogens is 262 g/mol. The Balaban J connectivity index is 1.77. The molecule has 1 amide bonds. The number of anilines is 1. The van der Waals surface area contributed by atoms with Gasteiger partial charge in [-0.1, -0.05) is 18.6 Å². The van der Waals surface area contributed by atoms with Crippen LogP contribution in [-0.4, -0.2) is 55.0 Å². The number of hydrogen-bond donors (Lipinski definition) is 1. The normalized spacial score (nSPS) is 25.4. The molecule has 1 aromatic carbocycles. The van der Waals surface area contributed by atoms with Crippen molar-refractivity contribution in [2.75, 3.05) is 32.5 Å². The Bertz CT molecular complexity index is 515. The highest BCUT2D eigenvalue weighted by Crippen LogP contribution is 2.30. The summed E-state index contributed by atoms with van der Waals surface area (Å²) in [5.74, 6) is 0.0663. The van der Waals surface area contributed by atoms with Gasteiger partial charge < -0.3 is 10.2 Å². The molecule has 2 aliphatic rings. The maximum atomic E-state index is 12.3. The minimum Gasteiger partial charge on any atom is -0.380 e. The molecule has 3 rings (SSSR count). The van der Waals surface area contributed by atoms with E-state index in [1.807, 2.05) is 24.3 Å². The molecule has 21 heavy (non-hydrogen) atoms. The van der Waals surface area contributed by atoms with Crippen LogP contribution in [0.2, 0.25) is 0 Å². The van der Waals surface area contributed by atoms with Gasteiger partial charge >= 0.3 is 0 Å². The van der Waals surface area contributed by atoms with Gasteiger partial charge in [-0.3, -0.25) is 9.69 Å². The molecule has 0 saturated carbocycles. The number of para-hydroxylation sites is 1. The van der Waals surface area contributed by atoms with Gasteiger partial charge in [0.15, 0.2) is 0 Å². The fraction of sp³-hybridized carbons (Fsp3) is 0.588. The molecule has 0 aromatic heterocycles. The van der Waals surface area contributed by atoms with E-state index < -0.39 is 0 Å². The van der Waals surface area contributed by atoms with E-state index in [0.29, 0.717) is 12.1 Å². The fourth-order valence-corrected chi connectivity index (χ4v) is 3.65. The van der Waals surface area contributed by atoms with E-state index in [0.717, 1.165) is 11.3 Å². The molecule has 114 valence electrons. The van der Waals surface area contributed by atoms with Crippen molar-refractivity contribution in [3.8, 4) is 0 Å². The maximum absolute atomic E-state index is 12.3. The lowest BCUT2D eigenvalue weighted by atomic mass is 9.98. The first-order valence-electron chi connectivity index (χ1n) is 7.98. The zero-order valence-corrected chi connectivity index (χ0v) is 13.0. The second kappa shape index (κ2) is 6.06. The smallest absolute Gasteiger partial charge is 0.255 e. The molecular formula is C17H25N3O. The second-order valence-corrected chi connectivity index (χ2v) is 6.38. The number of benzene rings is 1. The Morgan fingerprint density at radius 3 is 2.81 bits per heavy atom. The zero-order chi connectivity index (χ0) is 14.8. The van der Waals surface area contributed by atoms with Crippen LogP contribution in [-0.2, 0) is 0 Å². The number of amides is 1. The molecule has 2 saturated heterocycles.